The maximum absolute atomic E-state index is 8.36. The van der Waals surface area contributed by atoms with Gasteiger partial charge in [0.15, 0.2) is 5.82 Å². The van der Waals surface area contributed by atoms with Crippen molar-refractivity contribution in [2.75, 3.05) is 38.1 Å². The molecule has 0 radical (unpaired) electrons. The second kappa shape index (κ2) is 10.1. The van der Waals surface area contributed by atoms with Crippen molar-refractivity contribution in [1.82, 2.24) is 19.9 Å². The summed E-state index contributed by atoms with van der Waals surface area (Å²) < 4.78 is 0. The summed E-state index contributed by atoms with van der Waals surface area (Å²) in [7, 11) is 2.18. The van der Waals surface area contributed by atoms with Gasteiger partial charge in [0, 0.05) is 38.1 Å². The average molecular weight is 387 g/mol. The molecule has 9 heteroatoms. The van der Waals surface area contributed by atoms with E-state index in [0.717, 1.165) is 48.7 Å². The lowest BCUT2D eigenvalue weighted by atomic mass is 10.1. The van der Waals surface area contributed by atoms with Crippen molar-refractivity contribution >= 4 is 29.7 Å². The molecule has 1 aromatic carbocycles. The Morgan fingerprint density at radius 3 is 2.32 bits per heavy atom. The highest BCUT2D eigenvalue weighted by Gasteiger charge is 2.16. The van der Waals surface area contributed by atoms with Crippen LogP contribution in [0.3, 0.4) is 0 Å². The molecule has 0 aliphatic carbocycles. The number of carbonyl (C=O) groups is 2. The minimum absolute atomic E-state index is 0.250. The van der Waals surface area contributed by atoms with Crippen LogP contribution in [-0.4, -0.2) is 76.2 Å². The molecule has 1 aliphatic heterocycles. The van der Waals surface area contributed by atoms with Crippen LogP contribution in [0.1, 0.15) is 5.56 Å². The second-order valence-corrected chi connectivity index (χ2v) is 6.33. The molecule has 3 aromatic rings. The third-order valence-electron chi connectivity index (χ3n) is 4.48. The first-order chi connectivity index (χ1) is 13.5. The predicted molar refractivity (Wildman–Crippen MR) is 108 cm³/mol. The Labute approximate surface area is 162 Å². The Kier molecular flexibility index (Phi) is 7.58. The Balaban J connectivity index is 0.000000418. The summed E-state index contributed by atoms with van der Waals surface area (Å²) in [6.07, 6.45) is 1.92. The van der Waals surface area contributed by atoms with Crippen LogP contribution in [0, 0.1) is 6.92 Å². The monoisotopic (exact) mass is 387 g/mol. The Morgan fingerprint density at radius 2 is 1.75 bits per heavy atom. The van der Waals surface area contributed by atoms with E-state index in [1.165, 1.54) is 11.3 Å². The molecule has 1 saturated heterocycles. The van der Waals surface area contributed by atoms with E-state index < -0.39 is 0 Å². The molecule has 3 heterocycles. The standard InChI is InChI=1S/C17H21N5.2CH2O2/c1-12-10-13(22-8-6-21(2)7-9-22)11-15-16(12)20-17(19-15)14-4-3-5-18-14;2*2-1-3/h3-5,10-11,18H,6-9H2,1-2H3,(H,19,20);2*1H,(H,2,3). The van der Waals surface area contributed by atoms with Crippen molar-refractivity contribution in [1.29, 1.82) is 0 Å². The lowest BCUT2D eigenvalue weighted by Crippen LogP contribution is -2.44. The molecular formula is C19H25N5O4. The zero-order valence-electron chi connectivity index (χ0n) is 15.9. The number of carboxylic acid groups (broad SMARTS) is 2. The van der Waals surface area contributed by atoms with E-state index in [1.807, 2.05) is 18.3 Å². The fourth-order valence-corrected chi connectivity index (χ4v) is 3.12. The number of rotatable bonds is 2. The van der Waals surface area contributed by atoms with E-state index in [2.05, 4.69) is 45.9 Å². The van der Waals surface area contributed by atoms with Gasteiger partial charge in [-0.1, -0.05) is 0 Å². The predicted octanol–water partition coefficient (Wildman–Crippen LogP) is 2.02. The molecule has 0 atom stereocenters. The largest absolute Gasteiger partial charge is 0.483 e. The summed E-state index contributed by atoms with van der Waals surface area (Å²) >= 11 is 0. The number of aromatic amines is 2. The molecule has 0 unspecified atom stereocenters. The number of hydrogen-bond acceptors (Lipinski definition) is 5. The van der Waals surface area contributed by atoms with Gasteiger partial charge in [0.1, 0.15) is 0 Å². The molecule has 28 heavy (non-hydrogen) atoms. The van der Waals surface area contributed by atoms with Crippen LogP contribution in [0.15, 0.2) is 30.5 Å². The lowest BCUT2D eigenvalue weighted by molar-refractivity contribution is -0.123. The molecule has 4 rings (SSSR count). The molecule has 9 nitrogen and oxygen atoms in total. The van der Waals surface area contributed by atoms with E-state index in [-0.39, 0.29) is 12.9 Å². The molecule has 4 N–H and O–H groups in total. The van der Waals surface area contributed by atoms with Gasteiger partial charge < -0.3 is 30.0 Å². The normalized spacial score (nSPS) is 13.9. The zero-order chi connectivity index (χ0) is 20.5. The number of aromatic nitrogens is 3. The highest BCUT2D eigenvalue weighted by molar-refractivity contribution is 5.85. The summed E-state index contributed by atoms with van der Waals surface area (Å²) in [5.41, 5.74) is 5.71. The number of likely N-dealkylation sites (N-methyl/N-ethyl adjacent to an activating group) is 1. The number of anilines is 1. The number of nitrogens with zero attached hydrogens (tertiary/aromatic N) is 3. The number of H-pyrrole nitrogens is 2. The average Bonchev–Trinajstić information content (AvgIpc) is 3.33. The molecule has 0 amide bonds. The number of fused-ring (bicyclic) bond motifs is 1. The smallest absolute Gasteiger partial charge is 0.290 e. The van der Waals surface area contributed by atoms with E-state index in [1.54, 1.807) is 0 Å². The molecule has 2 aromatic heterocycles. The van der Waals surface area contributed by atoms with Crippen LogP contribution in [0.2, 0.25) is 0 Å². The van der Waals surface area contributed by atoms with Crippen LogP contribution in [-0.2, 0) is 9.59 Å². The molecule has 0 saturated carbocycles. The Morgan fingerprint density at radius 1 is 1.11 bits per heavy atom. The fourth-order valence-electron chi connectivity index (χ4n) is 3.12. The van der Waals surface area contributed by atoms with Crippen molar-refractivity contribution in [3.8, 4) is 11.5 Å². The van der Waals surface area contributed by atoms with E-state index >= 15 is 0 Å². The van der Waals surface area contributed by atoms with Crippen LogP contribution >= 0.6 is 0 Å². The third kappa shape index (κ3) is 5.10. The van der Waals surface area contributed by atoms with Gasteiger partial charge >= 0.3 is 0 Å². The van der Waals surface area contributed by atoms with Gasteiger partial charge in [0.25, 0.3) is 12.9 Å². The molecular weight excluding hydrogens is 362 g/mol. The van der Waals surface area contributed by atoms with E-state index in [9.17, 15) is 0 Å². The Hall–Kier alpha value is -3.33. The van der Waals surface area contributed by atoms with Gasteiger partial charge in [0.05, 0.1) is 16.7 Å². The fraction of sp³-hybridized carbons (Fsp3) is 0.316. The summed E-state index contributed by atoms with van der Waals surface area (Å²) in [5, 5.41) is 13.8. The molecule has 0 bridgehead atoms. The highest BCUT2D eigenvalue weighted by Crippen LogP contribution is 2.27. The van der Waals surface area contributed by atoms with Gasteiger partial charge in [-0.2, -0.15) is 0 Å². The second-order valence-electron chi connectivity index (χ2n) is 6.33. The van der Waals surface area contributed by atoms with Crippen LogP contribution < -0.4 is 4.90 Å². The van der Waals surface area contributed by atoms with Crippen molar-refractivity contribution in [3.63, 3.8) is 0 Å². The summed E-state index contributed by atoms with van der Waals surface area (Å²) in [5.74, 6) is 0.902. The number of piperazine rings is 1. The molecule has 150 valence electrons. The summed E-state index contributed by atoms with van der Waals surface area (Å²) in [4.78, 5) is 33.0. The maximum Gasteiger partial charge on any atom is 0.290 e. The quantitative estimate of drug-likeness (QED) is 0.496. The minimum Gasteiger partial charge on any atom is -0.483 e. The number of nitrogens with one attached hydrogen (secondary N) is 2. The maximum atomic E-state index is 8.36. The van der Waals surface area contributed by atoms with E-state index in [0.29, 0.717) is 0 Å². The minimum atomic E-state index is -0.250. The molecule has 1 aliphatic rings. The third-order valence-corrected chi connectivity index (χ3v) is 4.48. The van der Waals surface area contributed by atoms with Crippen molar-refractivity contribution in [2.45, 2.75) is 6.92 Å². The topological polar surface area (TPSA) is 126 Å². The van der Waals surface area contributed by atoms with Gasteiger partial charge in [-0.25, -0.2) is 4.98 Å². The number of aryl methyl sites for hydroxylation is 1. The zero-order valence-corrected chi connectivity index (χ0v) is 15.9. The van der Waals surface area contributed by atoms with E-state index in [4.69, 9.17) is 24.8 Å². The SMILES string of the molecule is Cc1cc(N2CCN(C)CC2)cc2[nH]c(-c3ccc[nH]3)nc12.O=CO.O=CO. The number of hydrogen-bond donors (Lipinski definition) is 4. The molecule has 1 fully saturated rings. The van der Waals surface area contributed by atoms with Gasteiger partial charge in [0.2, 0.25) is 0 Å². The van der Waals surface area contributed by atoms with Gasteiger partial charge in [-0.3, -0.25) is 9.59 Å². The number of benzene rings is 1. The van der Waals surface area contributed by atoms with Gasteiger partial charge in [-0.05, 0) is 43.8 Å². The van der Waals surface area contributed by atoms with Crippen molar-refractivity contribution in [3.05, 3.63) is 36.0 Å². The first-order valence-corrected chi connectivity index (χ1v) is 8.77. The van der Waals surface area contributed by atoms with Crippen LogP contribution in [0.5, 0.6) is 0 Å². The first-order valence-electron chi connectivity index (χ1n) is 8.77. The van der Waals surface area contributed by atoms with Crippen molar-refractivity contribution in [2.24, 2.45) is 0 Å². The Bertz CT molecular complexity index is 877. The lowest BCUT2D eigenvalue weighted by Gasteiger charge is -2.34. The van der Waals surface area contributed by atoms with Crippen LogP contribution in [0.25, 0.3) is 22.6 Å². The van der Waals surface area contributed by atoms with Crippen molar-refractivity contribution < 1.29 is 19.8 Å². The first kappa shape index (κ1) is 21.0. The summed E-state index contributed by atoms with van der Waals surface area (Å²) in [6, 6.07) is 8.51. The van der Waals surface area contributed by atoms with Gasteiger partial charge in [-0.15, -0.1) is 0 Å². The van der Waals surface area contributed by atoms with Crippen LogP contribution in [0.4, 0.5) is 5.69 Å². The molecule has 0 spiro atoms. The number of imidazole rings is 1. The highest BCUT2D eigenvalue weighted by atomic mass is 16.3. The summed E-state index contributed by atoms with van der Waals surface area (Å²) in [6.45, 7) is 6.04.